The summed E-state index contributed by atoms with van der Waals surface area (Å²) in [5.41, 5.74) is 1.47. The summed E-state index contributed by atoms with van der Waals surface area (Å²) in [6, 6.07) is 9.33. The molecule has 0 aliphatic carbocycles. The summed E-state index contributed by atoms with van der Waals surface area (Å²) in [6.07, 6.45) is 2.67. The normalized spacial score (nSPS) is 12.1. The van der Waals surface area contributed by atoms with Crippen molar-refractivity contribution in [1.29, 1.82) is 0 Å². The van der Waals surface area contributed by atoms with E-state index in [1.54, 1.807) is 0 Å². The van der Waals surface area contributed by atoms with Crippen molar-refractivity contribution >= 4 is 17.2 Å². The SMILES string of the molecule is COC(=O)c1cnc(CN(Cc2ccccc2)S(=O)O)cn1. The van der Waals surface area contributed by atoms with Gasteiger partial charge in [0.2, 0.25) is 11.3 Å². The number of nitrogens with zero attached hydrogens (tertiary/aromatic N) is 3. The summed E-state index contributed by atoms with van der Waals surface area (Å²) in [5.74, 6) is -0.578. The first-order chi connectivity index (χ1) is 10.6. The number of methoxy groups -OCH3 is 1. The van der Waals surface area contributed by atoms with Gasteiger partial charge in [-0.1, -0.05) is 30.3 Å². The fourth-order valence-corrected chi connectivity index (χ4v) is 2.28. The molecule has 1 unspecified atom stereocenters. The van der Waals surface area contributed by atoms with Gasteiger partial charge in [-0.2, -0.15) is 4.31 Å². The summed E-state index contributed by atoms with van der Waals surface area (Å²) in [5, 5.41) is 0. The number of ether oxygens (including phenoxy) is 1. The quantitative estimate of drug-likeness (QED) is 0.638. The minimum Gasteiger partial charge on any atom is -0.464 e. The lowest BCUT2D eigenvalue weighted by Gasteiger charge is -2.17. The van der Waals surface area contributed by atoms with E-state index in [1.165, 1.54) is 23.8 Å². The van der Waals surface area contributed by atoms with Crippen LogP contribution < -0.4 is 0 Å². The summed E-state index contributed by atoms with van der Waals surface area (Å²) < 4.78 is 26.7. The van der Waals surface area contributed by atoms with Crippen LogP contribution >= 0.6 is 0 Å². The highest BCUT2D eigenvalue weighted by Gasteiger charge is 2.14. The molecular weight excluding hydrogens is 306 g/mol. The molecule has 0 aliphatic heterocycles. The molecule has 22 heavy (non-hydrogen) atoms. The van der Waals surface area contributed by atoms with Crippen molar-refractivity contribution in [3.05, 3.63) is 59.7 Å². The van der Waals surface area contributed by atoms with Crippen LogP contribution in [-0.4, -0.2) is 36.1 Å². The zero-order chi connectivity index (χ0) is 15.9. The van der Waals surface area contributed by atoms with Crippen molar-refractivity contribution in [2.24, 2.45) is 0 Å². The standard InChI is InChI=1S/C14H15N3O4S/c1-21-14(18)13-8-15-12(7-16-13)10-17(22(19)20)9-11-5-3-2-4-6-11/h2-8H,9-10H2,1H3,(H,19,20). The topological polar surface area (TPSA) is 92.6 Å². The Labute approximate surface area is 130 Å². The fraction of sp³-hybridized carbons (Fsp3) is 0.214. The predicted molar refractivity (Wildman–Crippen MR) is 79.8 cm³/mol. The van der Waals surface area contributed by atoms with Gasteiger partial charge in [0.25, 0.3) is 0 Å². The maximum atomic E-state index is 11.4. The number of carbonyl (C=O) groups excluding carboxylic acids is 1. The van der Waals surface area contributed by atoms with Crippen molar-refractivity contribution in [2.45, 2.75) is 13.1 Å². The van der Waals surface area contributed by atoms with Gasteiger partial charge in [0, 0.05) is 6.54 Å². The Morgan fingerprint density at radius 1 is 1.23 bits per heavy atom. The lowest BCUT2D eigenvalue weighted by molar-refractivity contribution is 0.0593. The third kappa shape index (κ3) is 4.42. The minimum atomic E-state index is -2.15. The van der Waals surface area contributed by atoms with Crippen LogP contribution in [0.1, 0.15) is 21.7 Å². The molecule has 1 atom stereocenters. The van der Waals surface area contributed by atoms with Crippen LogP contribution in [0.2, 0.25) is 0 Å². The summed E-state index contributed by atoms with van der Waals surface area (Å²) in [6.45, 7) is 0.427. The molecule has 0 radical (unpaired) electrons. The highest BCUT2D eigenvalue weighted by molar-refractivity contribution is 7.76. The molecular formula is C14H15N3O4S. The first-order valence-corrected chi connectivity index (χ1v) is 7.45. The Morgan fingerprint density at radius 3 is 2.50 bits per heavy atom. The zero-order valence-corrected chi connectivity index (χ0v) is 12.7. The Bertz CT molecular complexity index is 649. The summed E-state index contributed by atoms with van der Waals surface area (Å²) in [7, 11) is 1.26. The van der Waals surface area contributed by atoms with Crippen LogP contribution in [-0.2, 0) is 29.1 Å². The number of aromatic nitrogens is 2. The Balaban J connectivity index is 2.08. The maximum Gasteiger partial charge on any atom is 0.358 e. The van der Waals surface area contributed by atoms with Gasteiger partial charge in [0.05, 0.1) is 31.7 Å². The molecule has 0 bridgehead atoms. The number of hydrogen-bond donors (Lipinski definition) is 1. The second kappa shape index (κ2) is 7.74. The third-order valence-electron chi connectivity index (χ3n) is 2.86. The summed E-state index contributed by atoms with van der Waals surface area (Å²) in [4.78, 5) is 19.3. The van der Waals surface area contributed by atoms with Crippen LogP contribution in [0.3, 0.4) is 0 Å². The lowest BCUT2D eigenvalue weighted by Crippen LogP contribution is -2.25. The molecule has 7 nitrogen and oxygen atoms in total. The molecule has 2 rings (SSSR count). The van der Waals surface area contributed by atoms with Gasteiger partial charge in [-0.3, -0.25) is 9.54 Å². The Morgan fingerprint density at radius 2 is 1.95 bits per heavy atom. The monoisotopic (exact) mass is 321 g/mol. The van der Waals surface area contributed by atoms with Gasteiger partial charge >= 0.3 is 5.97 Å². The molecule has 116 valence electrons. The van der Waals surface area contributed by atoms with Crippen LogP contribution in [0, 0.1) is 0 Å². The Kier molecular flexibility index (Phi) is 5.70. The highest BCUT2D eigenvalue weighted by Crippen LogP contribution is 2.10. The molecule has 0 amide bonds. The molecule has 1 aromatic carbocycles. The second-order valence-corrected chi connectivity index (χ2v) is 5.38. The van der Waals surface area contributed by atoms with E-state index in [-0.39, 0.29) is 12.2 Å². The first kappa shape index (κ1) is 16.2. The average Bonchev–Trinajstić information content (AvgIpc) is 2.55. The van der Waals surface area contributed by atoms with Crippen molar-refractivity contribution < 1.29 is 18.3 Å². The van der Waals surface area contributed by atoms with Crippen molar-refractivity contribution in [3.8, 4) is 0 Å². The second-order valence-electron chi connectivity index (χ2n) is 4.40. The van der Waals surface area contributed by atoms with E-state index in [9.17, 15) is 13.6 Å². The smallest absolute Gasteiger partial charge is 0.358 e. The molecule has 1 aromatic heterocycles. The number of rotatable bonds is 6. The largest absolute Gasteiger partial charge is 0.464 e. The maximum absolute atomic E-state index is 11.4. The van der Waals surface area contributed by atoms with E-state index in [2.05, 4.69) is 14.7 Å². The molecule has 0 saturated carbocycles. The van der Waals surface area contributed by atoms with E-state index in [4.69, 9.17) is 0 Å². The van der Waals surface area contributed by atoms with Crippen molar-refractivity contribution in [3.63, 3.8) is 0 Å². The highest BCUT2D eigenvalue weighted by atomic mass is 32.2. The van der Waals surface area contributed by atoms with Crippen LogP contribution in [0.15, 0.2) is 42.7 Å². The molecule has 0 saturated heterocycles. The lowest BCUT2D eigenvalue weighted by atomic mass is 10.2. The first-order valence-electron chi connectivity index (χ1n) is 6.39. The third-order valence-corrected chi connectivity index (χ3v) is 3.56. The molecule has 8 heteroatoms. The van der Waals surface area contributed by atoms with Gasteiger partial charge in [0.1, 0.15) is 0 Å². The molecule has 0 spiro atoms. The molecule has 1 N–H and O–H groups in total. The number of hydrogen-bond acceptors (Lipinski definition) is 5. The van der Waals surface area contributed by atoms with Gasteiger partial charge < -0.3 is 4.74 Å². The fourth-order valence-electron chi connectivity index (χ4n) is 1.78. The van der Waals surface area contributed by atoms with E-state index < -0.39 is 17.2 Å². The molecule has 2 aromatic rings. The van der Waals surface area contributed by atoms with E-state index in [1.807, 2.05) is 30.3 Å². The van der Waals surface area contributed by atoms with Gasteiger partial charge in [-0.25, -0.2) is 14.0 Å². The Hall–Kier alpha value is -2.16. The zero-order valence-electron chi connectivity index (χ0n) is 11.9. The van der Waals surface area contributed by atoms with Crippen LogP contribution in [0.25, 0.3) is 0 Å². The number of esters is 1. The van der Waals surface area contributed by atoms with Crippen molar-refractivity contribution in [2.75, 3.05) is 7.11 Å². The molecule has 0 aliphatic rings. The van der Waals surface area contributed by atoms with Crippen LogP contribution in [0.4, 0.5) is 0 Å². The van der Waals surface area contributed by atoms with Crippen LogP contribution in [0.5, 0.6) is 0 Å². The molecule has 1 heterocycles. The number of benzene rings is 1. The van der Waals surface area contributed by atoms with E-state index in [0.29, 0.717) is 12.2 Å². The van der Waals surface area contributed by atoms with Crippen molar-refractivity contribution in [1.82, 2.24) is 14.3 Å². The minimum absolute atomic E-state index is 0.0889. The average molecular weight is 321 g/mol. The number of carbonyl (C=O) groups is 1. The van der Waals surface area contributed by atoms with Gasteiger partial charge in [-0.05, 0) is 5.56 Å². The van der Waals surface area contributed by atoms with Gasteiger partial charge in [-0.15, -0.1) is 0 Å². The molecule has 0 fully saturated rings. The van der Waals surface area contributed by atoms with Gasteiger partial charge in [0.15, 0.2) is 5.69 Å². The predicted octanol–water partition coefficient (Wildman–Crippen LogP) is 1.40. The summed E-state index contributed by atoms with van der Waals surface area (Å²) >= 11 is -2.15. The van der Waals surface area contributed by atoms with E-state index in [0.717, 1.165) is 5.56 Å². The van der Waals surface area contributed by atoms with E-state index >= 15 is 0 Å².